The quantitative estimate of drug-likeness (QED) is 0.837. The minimum atomic E-state index is 0.0703. The van der Waals surface area contributed by atoms with Crippen LogP contribution in [-0.4, -0.2) is 12.5 Å². The fourth-order valence-corrected chi connectivity index (χ4v) is 2.75. The highest BCUT2D eigenvalue weighted by Crippen LogP contribution is 2.23. The van der Waals surface area contributed by atoms with E-state index in [0.29, 0.717) is 36.8 Å². The van der Waals surface area contributed by atoms with Crippen LogP contribution in [-0.2, 0) is 11.2 Å². The summed E-state index contributed by atoms with van der Waals surface area (Å²) in [7, 11) is 0. The van der Waals surface area contributed by atoms with Gasteiger partial charge in [0.1, 0.15) is 0 Å². The lowest BCUT2D eigenvalue weighted by molar-refractivity contribution is -0.121. The van der Waals surface area contributed by atoms with Crippen molar-refractivity contribution in [3.63, 3.8) is 0 Å². The number of amides is 1. The molecule has 1 amide bonds. The van der Waals surface area contributed by atoms with E-state index in [-0.39, 0.29) is 5.91 Å². The van der Waals surface area contributed by atoms with Gasteiger partial charge in [0.2, 0.25) is 5.91 Å². The van der Waals surface area contributed by atoms with Gasteiger partial charge in [0.05, 0.1) is 11.6 Å². The number of nitrogens with zero attached hydrogens (tertiary/aromatic N) is 1. The number of hydrogen-bond acceptors (Lipinski definition) is 2. The lowest BCUT2D eigenvalue weighted by Crippen LogP contribution is -2.30. The number of rotatable bonds is 7. The molecule has 0 unspecified atom stereocenters. The molecule has 24 heavy (non-hydrogen) atoms. The molecule has 3 nitrogen and oxygen atoms in total. The Morgan fingerprint density at radius 3 is 2.33 bits per heavy atom. The summed E-state index contributed by atoms with van der Waals surface area (Å²) in [6.07, 6.45) is 1.15. The van der Waals surface area contributed by atoms with Crippen molar-refractivity contribution in [1.82, 2.24) is 5.32 Å². The van der Waals surface area contributed by atoms with Crippen molar-refractivity contribution >= 4 is 5.91 Å². The van der Waals surface area contributed by atoms with Gasteiger partial charge in [0, 0.05) is 18.9 Å². The molecule has 0 aromatic heterocycles. The Morgan fingerprint density at radius 1 is 1.08 bits per heavy atom. The Morgan fingerprint density at radius 2 is 1.75 bits per heavy atom. The fourth-order valence-electron chi connectivity index (χ4n) is 2.75. The molecule has 2 aromatic rings. The van der Waals surface area contributed by atoms with Gasteiger partial charge in [-0.15, -0.1) is 0 Å². The Bertz CT molecular complexity index is 684. The number of hydrogen-bond donors (Lipinski definition) is 1. The van der Waals surface area contributed by atoms with E-state index in [0.717, 1.165) is 5.56 Å². The summed E-state index contributed by atoms with van der Waals surface area (Å²) in [5.74, 6) is 0.859. The number of carbonyl (C=O) groups excluding carboxylic acids is 1. The summed E-state index contributed by atoms with van der Waals surface area (Å²) in [6.45, 7) is 5.02. The maximum atomic E-state index is 12.1. The molecular formula is C21H24N2O. The van der Waals surface area contributed by atoms with Crippen LogP contribution < -0.4 is 5.32 Å². The molecule has 124 valence electrons. The van der Waals surface area contributed by atoms with Crippen LogP contribution in [0.15, 0.2) is 54.6 Å². The molecule has 0 bridgehead atoms. The third-order valence-electron chi connectivity index (χ3n) is 4.28. The second-order valence-electron chi connectivity index (χ2n) is 6.37. The van der Waals surface area contributed by atoms with Crippen LogP contribution in [0.1, 0.15) is 42.9 Å². The summed E-state index contributed by atoms with van der Waals surface area (Å²) < 4.78 is 0. The molecule has 0 spiro atoms. The number of nitrogens with one attached hydrogen (secondary N) is 1. The largest absolute Gasteiger partial charge is 0.355 e. The molecule has 0 aliphatic heterocycles. The van der Waals surface area contributed by atoms with Crippen molar-refractivity contribution < 1.29 is 4.79 Å². The smallest absolute Gasteiger partial charge is 0.220 e. The molecule has 0 heterocycles. The first-order valence-electron chi connectivity index (χ1n) is 8.41. The normalized spacial score (nSPS) is 11.8. The zero-order valence-corrected chi connectivity index (χ0v) is 14.3. The van der Waals surface area contributed by atoms with Crippen LogP contribution in [0.4, 0.5) is 0 Å². The molecule has 0 radical (unpaired) electrons. The Labute approximate surface area is 144 Å². The molecule has 0 saturated heterocycles. The van der Waals surface area contributed by atoms with E-state index in [9.17, 15) is 4.79 Å². The monoisotopic (exact) mass is 320 g/mol. The minimum Gasteiger partial charge on any atom is -0.355 e. The molecular weight excluding hydrogens is 296 g/mol. The van der Waals surface area contributed by atoms with Crippen LogP contribution in [0.25, 0.3) is 0 Å². The number of aryl methyl sites for hydroxylation is 1. The highest BCUT2D eigenvalue weighted by Gasteiger charge is 2.16. The van der Waals surface area contributed by atoms with Crippen molar-refractivity contribution in [3.05, 3.63) is 71.3 Å². The highest BCUT2D eigenvalue weighted by molar-refractivity contribution is 5.76. The van der Waals surface area contributed by atoms with Crippen molar-refractivity contribution in [3.8, 4) is 6.07 Å². The summed E-state index contributed by atoms with van der Waals surface area (Å²) in [5, 5.41) is 11.9. The first kappa shape index (κ1) is 17.7. The van der Waals surface area contributed by atoms with Crippen LogP contribution in [0.3, 0.4) is 0 Å². The molecule has 0 aliphatic carbocycles. The van der Waals surface area contributed by atoms with Gasteiger partial charge >= 0.3 is 0 Å². The summed E-state index contributed by atoms with van der Waals surface area (Å²) in [5.41, 5.74) is 2.98. The van der Waals surface area contributed by atoms with Gasteiger partial charge in [-0.1, -0.05) is 56.3 Å². The van der Waals surface area contributed by atoms with Crippen molar-refractivity contribution in [1.29, 1.82) is 5.26 Å². The Balaban J connectivity index is 1.84. The number of benzene rings is 2. The standard InChI is InChI=1S/C21H24N2O/c1-16(2)20(19-6-4-3-5-7-19)15-23-21(24)13-12-17-8-10-18(14-22)11-9-17/h3-11,16,20H,12-13,15H2,1-2H3,(H,23,24)/t20-/m0/s1. The molecule has 1 atom stereocenters. The van der Waals surface area contributed by atoms with E-state index in [4.69, 9.17) is 5.26 Å². The molecule has 3 heteroatoms. The van der Waals surface area contributed by atoms with Gasteiger partial charge in [-0.25, -0.2) is 0 Å². The minimum absolute atomic E-state index is 0.0703. The maximum Gasteiger partial charge on any atom is 0.220 e. The Kier molecular flexibility index (Phi) is 6.57. The molecule has 2 aromatic carbocycles. The molecule has 1 N–H and O–H groups in total. The fraction of sp³-hybridized carbons (Fsp3) is 0.333. The number of nitriles is 1. The van der Waals surface area contributed by atoms with Crippen LogP contribution >= 0.6 is 0 Å². The molecule has 0 aliphatic rings. The van der Waals surface area contributed by atoms with Crippen molar-refractivity contribution in [2.24, 2.45) is 5.92 Å². The van der Waals surface area contributed by atoms with Gasteiger partial charge in [0.25, 0.3) is 0 Å². The zero-order valence-electron chi connectivity index (χ0n) is 14.3. The van der Waals surface area contributed by atoms with Gasteiger partial charge < -0.3 is 5.32 Å². The third kappa shape index (κ3) is 5.24. The van der Waals surface area contributed by atoms with Gasteiger partial charge in [-0.05, 0) is 35.6 Å². The first-order chi connectivity index (χ1) is 11.6. The molecule has 0 saturated carbocycles. The molecule has 2 rings (SSSR count). The van der Waals surface area contributed by atoms with Crippen LogP contribution in [0, 0.1) is 17.2 Å². The van der Waals surface area contributed by atoms with Gasteiger partial charge in [0.15, 0.2) is 0 Å². The van der Waals surface area contributed by atoms with E-state index in [1.54, 1.807) is 12.1 Å². The van der Waals surface area contributed by atoms with Crippen molar-refractivity contribution in [2.75, 3.05) is 6.54 Å². The topological polar surface area (TPSA) is 52.9 Å². The lowest BCUT2D eigenvalue weighted by Gasteiger charge is -2.22. The van der Waals surface area contributed by atoms with E-state index in [1.807, 2.05) is 30.3 Å². The van der Waals surface area contributed by atoms with E-state index < -0.39 is 0 Å². The van der Waals surface area contributed by atoms with E-state index >= 15 is 0 Å². The second kappa shape index (κ2) is 8.88. The Hall–Kier alpha value is -2.60. The lowest BCUT2D eigenvalue weighted by atomic mass is 9.88. The SMILES string of the molecule is CC(C)[C@H](CNC(=O)CCc1ccc(C#N)cc1)c1ccccc1. The van der Waals surface area contributed by atoms with Crippen LogP contribution in [0.5, 0.6) is 0 Å². The van der Waals surface area contributed by atoms with Gasteiger partial charge in [-0.2, -0.15) is 5.26 Å². The summed E-state index contributed by atoms with van der Waals surface area (Å²) in [6, 6.07) is 19.8. The average molecular weight is 320 g/mol. The summed E-state index contributed by atoms with van der Waals surface area (Å²) >= 11 is 0. The van der Waals surface area contributed by atoms with Crippen LogP contribution in [0.2, 0.25) is 0 Å². The maximum absolute atomic E-state index is 12.1. The van der Waals surface area contributed by atoms with Gasteiger partial charge in [-0.3, -0.25) is 4.79 Å². The zero-order chi connectivity index (χ0) is 17.4. The molecule has 0 fully saturated rings. The number of carbonyl (C=O) groups is 1. The summed E-state index contributed by atoms with van der Waals surface area (Å²) in [4.78, 5) is 12.1. The first-order valence-corrected chi connectivity index (χ1v) is 8.41. The predicted octanol–water partition coefficient (Wildman–Crippen LogP) is 4.05. The average Bonchev–Trinajstić information content (AvgIpc) is 2.61. The van der Waals surface area contributed by atoms with Crippen molar-refractivity contribution in [2.45, 2.75) is 32.6 Å². The third-order valence-corrected chi connectivity index (χ3v) is 4.28. The predicted molar refractivity (Wildman–Crippen MR) is 96.5 cm³/mol. The highest BCUT2D eigenvalue weighted by atomic mass is 16.1. The van der Waals surface area contributed by atoms with E-state index in [1.165, 1.54) is 5.56 Å². The second-order valence-corrected chi connectivity index (χ2v) is 6.37. The van der Waals surface area contributed by atoms with E-state index in [2.05, 4.69) is 37.4 Å².